The lowest BCUT2D eigenvalue weighted by atomic mass is 10.2. The zero-order chi connectivity index (χ0) is 20.5. The normalized spacial score (nSPS) is 11.8. The molecule has 0 aliphatic heterocycles. The van der Waals surface area contributed by atoms with Gasteiger partial charge < -0.3 is 19.5 Å². The second-order valence-electron chi connectivity index (χ2n) is 6.04. The van der Waals surface area contributed by atoms with Crippen LogP contribution < -0.4 is 9.47 Å². The van der Waals surface area contributed by atoms with Gasteiger partial charge in [-0.05, 0) is 35.9 Å². The third kappa shape index (κ3) is 6.40. The number of hydrogen-bond donors (Lipinski definition) is 1. The molecular weight excluding hydrogens is 364 g/mol. The van der Waals surface area contributed by atoms with E-state index in [9.17, 15) is 20.0 Å². The predicted octanol–water partition coefficient (Wildman–Crippen LogP) is 2.51. The number of nitro groups is 1. The number of hydrogen-bond acceptors (Lipinski definition) is 6. The Labute approximate surface area is 162 Å². The average molecular weight is 386 g/mol. The van der Waals surface area contributed by atoms with Crippen molar-refractivity contribution < 1.29 is 24.3 Å². The second-order valence-corrected chi connectivity index (χ2v) is 6.04. The van der Waals surface area contributed by atoms with Crippen LogP contribution in [0.5, 0.6) is 11.5 Å². The summed E-state index contributed by atoms with van der Waals surface area (Å²) >= 11 is 0. The van der Waals surface area contributed by atoms with Gasteiger partial charge in [0.2, 0.25) is 5.91 Å². The number of amides is 1. The summed E-state index contributed by atoms with van der Waals surface area (Å²) in [4.78, 5) is 23.8. The molecule has 0 fully saturated rings. The van der Waals surface area contributed by atoms with Crippen molar-refractivity contribution >= 4 is 17.7 Å². The minimum atomic E-state index is -0.873. The summed E-state index contributed by atoms with van der Waals surface area (Å²) in [6, 6.07) is 12.9. The maximum absolute atomic E-state index is 12.2. The molecule has 0 aromatic heterocycles. The van der Waals surface area contributed by atoms with Gasteiger partial charge in [-0.2, -0.15) is 0 Å². The number of methoxy groups -OCH3 is 1. The van der Waals surface area contributed by atoms with Gasteiger partial charge in [0.1, 0.15) is 24.2 Å². The molecule has 8 nitrogen and oxygen atoms in total. The van der Waals surface area contributed by atoms with Crippen molar-refractivity contribution in [2.75, 3.05) is 27.3 Å². The third-order valence-corrected chi connectivity index (χ3v) is 3.86. The van der Waals surface area contributed by atoms with Crippen molar-refractivity contribution in [3.8, 4) is 11.5 Å². The molecule has 8 heteroatoms. The van der Waals surface area contributed by atoms with Crippen LogP contribution >= 0.6 is 0 Å². The van der Waals surface area contributed by atoms with Crippen LogP contribution in [0.3, 0.4) is 0 Å². The number of ether oxygens (including phenoxy) is 2. The maximum Gasteiger partial charge on any atom is 0.270 e. The number of carbonyl (C=O) groups is 1. The number of nitro benzene ring substituents is 1. The van der Waals surface area contributed by atoms with Crippen molar-refractivity contribution in [3.63, 3.8) is 0 Å². The van der Waals surface area contributed by atoms with Crippen LogP contribution in [0.2, 0.25) is 0 Å². The van der Waals surface area contributed by atoms with Crippen molar-refractivity contribution in [3.05, 3.63) is 70.3 Å². The zero-order valence-corrected chi connectivity index (χ0v) is 15.6. The van der Waals surface area contributed by atoms with E-state index in [-0.39, 0.29) is 24.7 Å². The van der Waals surface area contributed by atoms with E-state index in [1.807, 2.05) is 0 Å². The van der Waals surface area contributed by atoms with E-state index in [4.69, 9.17) is 9.47 Å². The molecule has 28 heavy (non-hydrogen) atoms. The van der Waals surface area contributed by atoms with Gasteiger partial charge in [0.25, 0.3) is 5.69 Å². The lowest BCUT2D eigenvalue weighted by Crippen LogP contribution is -2.36. The Balaban J connectivity index is 1.83. The molecule has 2 aromatic carbocycles. The molecule has 0 aliphatic rings. The standard InChI is InChI=1S/C20H22N2O6/c1-21(13-17(23)14-28-19-9-7-18(27-2)8-10-19)20(24)11-6-15-4-3-5-16(12-15)22(25)26/h3-12,17,23H,13-14H2,1-2H3/b11-6+. The van der Waals surface area contributed by atoms with E-state index in [0.29, 0.717) is 17.1 Å². The summed E-state index contributed by atoms with van der Waals surface area (Å²) < 4.78 is 10.5. The molecule has 1 unspecified atom stereocenters. The fraction of sp³-hybridized carbons (Fsp3) is 0.250. The quantitative estimate of drug-likeness (QED) is 0.404. The number of non-ortho nitro benzene ring substituents is 1. The van der Waals surface area contributed by atoms with E-state index in [0.717, 1.165) is 0 Å². The van der Waals surface area contributed by atoms with Crippen molar-refractivity contribution in [1.29, 1.82) is 0 Å². The molecule has 1 N–H and O–H groups in total. The highest BCUT2D eigenvalue weighted by molar-refractivity contribution is 5.91. The Bertz CT molecular complexity index is 835. The maximum atomic E-state index is 12.2. The Hall–Kier alpha value is -3.39. The molecule has 0 radical (unpaired) electrons. The molecule has 148 valence electrons. The molecule has 0 spiro atoms. The van der Waals surface area contributed by atoms with Crippen LogP contribution in [-0.4, -0.2) is 54.3 Å². The number of aliphatic hydroxyl groups is 1. The zero-order valence-electron chi connectivity index (χ0n) is 15.6. The topological polar surface area (TPSA) is 102 Å². The van der Waals surface area contributed by atoms with Gasteiger partial charge >= 0.3 is 0 Å². The Morgan fingerprint density at radius 3 is 2.57 bits per heavy atom. The highest BCUT2D eigenvalue weighted by Gasteiger charge is 2.13. The molecule has 2 rings (SSSR count). The van der Waals surface area contributed by atoms with Crippen LogP contribution in [0.1, 0.15) is 5.56 Å². The fourth-order valence-corrected chi connectivity index (χ4v) is 2.36. The lowest BCUT2D eigenvalue weighted by Gasteiger charge is -2.20. The first-order valence-electron chi connectivity index (χ1n) is 8.51. The first kappa shape index (κ1) is 20.9. The van der Waals surface area contributed by atoms with E-state index >= 15 is 0 Å². The molecule has 0 heterocycles. The number of nitrogens with zero attached hydrogens (tertiary/aromatic N) is 2. The minimum absolute atomic E-state index is 0.0263. The summed E-state index contributed by atoms with van der Waals surface area (Å²) in [5.74, 6) is 0.947. The molecule has 1 amide bonds. The lowest BCUT2D eigenvalue weighted by molar-refractivity contribution is -0.384. The van der Waals surface area contributed by atoms with Gasteiger partial charge in [-0.25, -0.2) is 0 Å². The highest BCUT2D eigenvalue weighted by Crippen LogP contribution is 2.17. The third-order valence-electron chi connectivity index (χ3n) is 3.86. The largest absolute Gasteiger partial charge is 0.497 e. The van der Waals surface area contributed by atoms with Crippen LogP contribution in [0.4, 0.5) is 5.69 Å². The molecular formula is C20H22N2O6. The fourth-order valence-electron chi connectivity index (χ4n) is 2.36. The molecule has 0 saturated carbocycles. The number of benzene rings is 2. The highest BCUT2D eigenvalue weighted by atomic mass is 16.6. The average Bonchev–Trinajstić information content (AvgIpc) is 2.71. The molecule has 0 bridgehead atoms. The number of aliphatic hydroxyl groups excluding tert-OH is 1. The monoisotopic (exact) mass is 386 g/mol. The van der Waals surface area contributed by atoms with Gasteiger partial charge in [-0.3, -0.25) is 14.9 Å². The predicted molar refractivity (Wildman–Crippen MR) is 104 cm³/mol. The molecule has 0 saturated heterocycles. The van der Waals surface area contributed by atoms with Gasteiger partial charge in [0, 0.05) is 31.8 Å². The summed E-state index contributed by atoms with van der Waals surface area (Å²) in [5, 5.41) is 20.8. The van der Waals surface area contributed by atoms with Gasteiger partial charge in [-0.15, -0.1) is 0 Å². The summed E-state index contributed by atoms with van der Waals surface area (Å²) in [5.41, 5.74) is 0.494. The molecule has 2 aromatic rings. The molecule has 1 atom stereocenters. The molecule has 0 aliphatic carbocycles. The smallest absolute Gasteiger partial charge is 0.270 e. The van der Waals surface area contributed by atoms with E-state index in [2.05, 4.69) is 0 Å². The number of carbonyl (C=O) groups excluding carboxylic acids is 1. The Morgan fingerprint density at radius 2 is 1.93 bits per heavy atom. The first-order valence-corrected chi connectivity index (χ1v) is 8.51. The van der Waals surface area contributed by atoms with Crippen LogP contribution in [0.25, 0.3) is 6.08 Å². The van der Waals surface area contributed by atoms with E-state index < -0.39 is 11.0 Å². The first-order chi connectivity index (χ1) is 13.4. The Morgan fingerprint density at radius 1 is 1.25 bits per heavy atom. The number of rotatable bonds is 9. The van der Waals surface area contributed by atoms with Gasteiger partial charge in [0.05, 0.1) is 12.0 Å². The minimum Gasteiger partial charge on any atom is -0.497 e. The second kappa shape index (κ2) is 10.1. The van der Waals surface area contributed by atoms with Gasteiger partial charge in [0.15, 0.2) is 0 Å². The summed E-state index contributed by atoms with van der Waals surface area (Å²) in [6.07, 6.45) is 1.92. The van der Waals surface area contributed by atoms with Crippen molar-refractivity contribution in [2.24, 2.45) is 0 Å². The number of likely N-dealkylation sites (N-methyl/N-ethyl adjacent to an activating group) is 1. The Kier molecular flexibility index (Phi) is 7.53. The van der Waals surface area contributed by atoms with E-state index in [1.165, 1.54) is 29.2 Å². The van der Waals surface area contributed by atoms with Crippen LogP contribution in [0.15, 0.2) is 54.6 Å². The summed E-state index contributed by atoms with van der Waals surface area (Å²) in [6.45, 7) is 0.104. The van der Waals surface area contributed by atoms with E-state index in [1.54, 1.807) is 50.6 Å². The summed E-state index contributed by atoms with van der Waals surface area (Å²) in [7, 11) is 3.12. The van der Waals surface area contributed by atoms with Crippen LogP contribution in [-0.2, 0) is 4.79 Å². The van der Waals surface area contributed by atoms with Gasteiger partial charge in [-0.1, -0.05) is 12.1 Å². The SMILES string of the molecule is COc1ccc(OCC(O)CN(C)C(=O)/C=C/c2cccc([N+](=O)[O-])c2)cc1. The van der Waals surface area contributed by atoms with Crippen molar-refractivity contribution in [1.82, 2.24) is 4.90 Å². The van der Waals surface area contributed by atoms with Crippen molar-refractivity contribution in [2.45, 2.75) is 6.10 Å². The van der Waals surface area contributed by atoms with Crippen LogP contribution in [0, 0.1) is 10.1 Å².